The number of esters is 1. The molecule has 0 aliphatic rings. The maximum absolute atomic E-state index is 11.4. The summed E-state index contributed by atoms with van der Waals surface area (Å²) in [5, 5.41) is 6.70. The number of hydrogen-bond donors (Lipinski definition) is 2. The number of ether oxygens (including phenoxy) is 1. The van der Waals surface area contributed by atoms with Gasteiger partial charge in [-0.25, -0.2) is 0 Å². The third-order valence-corrected chi connectivity index (χ3v) is 3.07. The van der Waals surface area contributed by atoms with Crippen LogP contribution in [0.25, 0.3) is 0 Å². The van der Waals surface area contributed by atoms with Crippen molar-refractivity contribution in [3.8, 4) is 0 Å². The Morgan fingerprint density at radius 3 is 2.73 bits per heavy atom. The predicted octanol–water partition coefficient (Wildman–Crippen LogP) is 0.950. The first kappa shape index (κ1) is 12.2. The van der Waals surface area contributed by atoms with Crippen molar-refractivity contribution in [2.45, 2.75) is 25.3 Å². The van der Waals surface area contributed by atoms with Crippen LogP contribution in [0.15, 0.2) is 10.7 Å². The van der Waals surface area contributed by atoms with Crippen LogP contribution in [0.5, 0.6) is 0 Å². The highest BCUT2D eigenvalue weighted by Gasteiger charge is 2.37. The molecule has 0 aliphatic carbocycles. The van der Waals surface area contributed by atoms with Crippen molar-refractivity contribution in [2.75, 3.05) is 7.11 Å². The van der Waals surface area contributed by atoms with Crippen LogP contribution in [-0.2, 0) is 14.9 Å². The van der Waals surface area contributed by atoms with Crippen molar-refractivity contribution in [3.05, 3.63) is 16.4 Å². The molecule has 1 heterocycles. The maximum atomic E-state index is 11.4. The molecule has 15 heavy (non-hydrogen) atoms. The summed E-state index contributed by atoms with van der Waals surface area (Å²) in [6.07, 6.45) is 1.63. The molecule has 1 rings (SSSR count). The fourth-order valence-electron chi connectivity index (χ4n) is 1.30. The van der Waals surface area contributed by atoms with Gasteiger partial charge in [0.15, 0.2) is 0 Å². The third-order valence-electron chi connectivity index (χ3n) is 2.47. The van der Waals surface area contributed by atoms with Crippen molar-refractivity contribution in [2.24, 2.45) is 5.73 Å². The molecule has 1 aromatic heterocycles. The summed E-state index contributed by atoms with van der Waals surface area (Å²) >= 11 is 3.34. The van der Waals surface area contributed by atoms with Gasteiger partial charge in [0, 0.05) is 5.41 Å². The lowest BCUT2D eigenvalue weighted by atomic mass is 9.82. The highest BCUT2D eigenvalue weighted by atomic mass is 79.9. The molecule has 0 radical (unpaired) electrons. The first-order valence-electron chi connectivity index (χ1n) is 4.44. The number of nitrogens with zero attached hydrogens (tertiary/aromatic N) is 1. The zero-order valence-electron chi connectivity index (χ0n) is 8.87. The van der Waals surface area contributed by atoms with Crippen molar-refractivity contribution < 1.29 is 9.53 Å². The van der Waals surface area contributed by atoms with E-state index >= 15 is 0 Å². The van der Waals surface area contributed by atoms with Gasteiger partial charge in [-0.3, -0.25) is 9.89 Å². The number of rotatable bonds is 3. The van der Waals surface area contributed by atoms with Crippen molar-refractivity contribution in [1.29, 1.82) is 0 Å². The number of carbonyl (C=O) groups excluding carboxylic acids is 1. The van der Waals surface area contributed by atoms with Gasteiger partial charge in [-0.1, -0.05) is 13.8 Å². The van der Waals surface area contributed by atoms with Crippen LogP contribution < -0.4 is 5.73 Å². The highest BCUT2D eigenvalue weighted by Crippen LogP contribution is 2.30. The number of aromatic amines is 1. The SMILES string of the molecule is COC(=O)C(N)C(C)(C)c1[nH]ncc1Br. The summed E-state index contributed by atoms with van der Waals surface area (Å²) in [5.41, 5.74) is 6.03. The smallest absolute Gasteiger partial charge is 0.323 e. The summed E-state index contributed by atoms with van der Waals surface area (Å²) < 4.78 is 5.42. The Bertz CT molecular complexity index is 362. The van der Waals surface area contributed by atoms with Crippen LogP contribution in [-0.4, -0.2) is 29.3 Å². The molecule has 1 aromatic rings. The zero-order chi connectivity index (χ0) is 11.6. The van der Waals surface area contributed by atoms with E-state index in [2.05, 4.69) is 30.9 Å². The second-order valence-electron chi connectivity index (χ2n) is 3.82. The lowest BCUT2D eigenvalue weighted by Gasteiger charge is -2.28. The van der Waals surface area contributed by atoms with Gasteiger partial charge < -0.3 is 10.5 Å². The van der Waals surface area contributed by atoms with Gasteiger partial charge in [-0.2, -0.15) is 5.10 Å². The molecule has 0 bridgehead atoms. The molecular formula is C9H14BrN3O2. The quantitative estimate of drug-likeness (QED) is 0.805. The fourth-order valence-corrected chi connectivity index (χ4v) is 2.00. The van der Waals surface area contributed by atoms with Gasteiger partial charge in [0.05, 0.1) is 23.5 Å². The lowest BCUT2D eigenvalue weighted by Crippen LogP contribution is -2.47. The standard InChI is InChI=1S/C9H14BrN3O2/c1-9(2,6(11)8(14)15-3)7-5(10)4-12-13-7/h4,6H,11H2,1-3H3,(H,12,13). The van der Waals surface area contributed by atoms with Gasteiger partial charge in [-0.15, -0.1) is 0 Å². The number of H-pyrrole nitrogens is 1. The number of nitrogens with two attached hydrogens (primary N) is 1. The summed E-state index contributed by atoms with van der Waals surface area (Å²) in [4.78, 5) is 11.4. The molecule has 5 nitrogen and oxygen atoms in total. The minimum absolute atomic E-state index is 0.443. The number of halogens is 1. The summed E-state index contributed by atoms with van der Waals surface area (Å²) in [5.74, 6) is -0.443. The van der Waals surface area contributed by atoms with E-state index in [0.29, 0.717) is 0 Å². The summed E-state index contributed by atoms with van der Waals surface area (Å²) in [6, 6.07) is -0.737. The molecule has 3 N–H and O–H groups in total. The Morgan fingerprint density at radius 2 is 2.33 bits per heavy atom. The molecule has 1 atom stereocenters. The van der Waals surface area contributed by atoms with E-state index in [-0.39, 0.29) is 0 Å². The van der Waals surface area contributed by atoms with E-state index in [1.54, 1.807) is 6.20 Å². The molecule has 0 saturated carbocycles. The van der Waals surface area contributed by atoms with Crippen molar-refractivity contribution in [1.82, 2.24) is 10.2 Å². The Kier molecular flexibility index (Phi) is 3.51. The minimum Gasteiger partial charge on any atom is -0.468 e. The molecule has 0 aromatic carbocycles. The Balaban J connectivity index is 3.02. The van der Waals surface area contributed by atoms with Gasteiger partial charge in [0.25, 0.3) is 0 Å². The zero-order valence-corrected chi connectivity index (χ0v) is 10.5. The summed E-state index contributed by atoms with van der Waals surface area (Å²) in [7, 11) is 1.32. The number of carbonyl (C=O) groups is 1. The Hall–Kier alpha value is -0.880. The first-order valence-corrected chi connectivity index (χ1v) is 5.23. The van der Waals surface area contributed by atoms with E-state index in [1.165, 1.54) is 7.11 Å². The maximum Gasteiger partial charge on any atom is 0.323 e. The van der Waals surface area contributed by atoms with E-state index in [0.717, 1.165) is 10.2 Å². The van der Waals surface area contributed by atoms with Crippen LogP contribution >= 0.6 is 15.9 Å². The van der Waals surface area contributed by atoms with Crippen LogP contribution in [0.4, 0.5) is 0 Å². The normalized spacial score (nSPS) is 13.7. The van der Waals surface area contributed by atoms with E-state index in [1.807, 2.05) is 13.8 Å². The van der Waals surface area contributed by atoms with Crippen LogP contribution in [0, 0.1) is 0 Å². The Labute approximate surface area is 96.5 Å². The molecular weight excluding hydrogens is 262 g/mol. The minimum atomic E-state index is -0.737. The molecule has 0 spiro atoms. The average molecular weight is 276 g/mol. The summed E-state index contributed by atoms with van der Waals surface area (Å²) in [6.45, 7) is 3.71. The van der Waals surface area contributed by atoms with Crippen molar-refractivity contribution >= 4 is 21.9 Å². The second-order valence-corrected chi connectivity index (χ2v) is 4.67. The first-order chi connectivity index (χ1) is 6.91. The Morgan fingerprint density at radius 1 is 1.73 bits per heavy atom. The third kappa shape index (κ3) is 2.21. The molecule has 0 saturated heterocycles. The van der Waals surface area contributed by atoms with Gasteiger partial charge in [0.2, 0.25) is 0 Å². The van der Waals surface area contributed by atoms with Gasteiger partial charge in [0.1, 0.15) is 6.04 Å². The fraction of sp³-hybridized carbons (Fsp3) is 0.556. The van der Waals surface area contributed by atoms with Crippen LogP contribution in [0.2, 0.25) is 0 Å². The van der Waals surface area contributed by atoms with Crippen LogP contribution in [0.1, 0.15) is 19.5 Å². The number of nitrogens with one attached hydrogen (secondary N) is 1. The van der Waals surface area contributed by atoms with E-state index in [9.17, 15) is 4.79 Å². The van der Waals surface area contributed by atoms with Crippen LogP contribution in [0.3, 0.4) is 0 Å². The lowest BCUT2D eigenvalue weighted by molar-refractivity contribution is -0.143. The van der Waals surface area contributed by atoms with Gasteiger partial charge in [-0.05, 0) is 15.9 Å². The molecule has 1 unspecified atom stereocenters. The molecule has 6 heteroatoms. The molecule has 84 valence electrons. The van der Waals surface area contributed by atoms with Crippen molar-refractivity contribution in [3.63, 3.8) is 0 Å². The monoisotopic (exact) mass is 275 g/mol. The second kappa shape index (κ2) is 4.32. The molecule has 0 fully saturated rings. The van der Waals surface area contributed by atoms with E-state index < -0.39 is 17.4 Å². The highest BCUT2D eigenvalue weighted by molar-refractivity contribution is 9.10. The van der Waals surface area contributed by atoms with E-state index in [4.69, 9.17) is 5.73 Å². The number of aromatic nitrogens is 2. The predicted molar refractivity (Wildman–Crippen MR) is 59.3 cm³/mol. The largest absolute Gasteiger partial charge is 0.468 e. The number of hydrogen-bond acceptors (Lipinski definition) is 4. The average Bonchev–Trinajstić information content (AvgIpc) is 2.62. The molecule has 0 amide bonds. The topological polar surface area (TPSA) is 81.0 Å². The molecule has 0 aliphatic heterocycles. The number of methoxy groups -OCH3 is 1. The van der Waals surface area contributed by atoms with Gasteiger partial charge >= 0.3 is 5.97 Å².